The predicted molar refractivity (Wildman–Crippen MR) is 129 cm³/mol. The van der Waals surface area contributed by atoms with Crippen molar-refractivity contribution in [3.8, 4) is 0 Å². The van der Waals surface area contributed by atoms with Crippen LogP contribution in [0.4, 0.5) is 5.69 Å². The molecule has 1 aliphatic rings. The average Bonchev–Trinajstić information content (AvgIpc) is 3.27. The van der Waals surface area contributed by atoms with Crippen LogP contribution in [-0.2, 0) is 11.2 Å². The highest BCUT2D eigenvalue weighted by Crippen LogP contribution is 2.31. The van der Waals surface area contributed by atoms with Gasteiger partial charge in [-0.05, 0) is 81.2 Å². The molecule has 170 valence electrons. The highest BCUT2D eigenvalue weighted by Gasteiger charge is 2.25. The van der Waals surface area contributed by atoms with Crippen molar-refractivity contribution in [3.05, 3.63) is 59.3 Å². The number of Topliss-reactive ketones (excluding diaryl/α,β-unsaturated/α-hetero) is 1. The van der Waals surface area contributed by atoms with Crippen LogP contribution in [0.5, 0.6) is 0 Å². The summed E-state index contributed by atoms with van der Waals surface area (Å²) in [7, 11) is 0. The van der Waals surface area contributed by atoms with Crippen LogP contribution in [0.3, 0.4) is 0 Å². The molecule has 4 rings (SSSR count). The number of hydrogen-bond acceptors (Lipinski definition) is 4. The van der Waals surface area contributed by atoms with Gasteiger partial charge < -0.3 is 9.84 Å². The van der Waals surface area contributed by atoms with Gasteiger partial charge in [0.1, 0.15) is 0 Å². The van der Waals surface area contributed by atoms with Crippen molar-refractivity contribution >= 4 is 28.3 Å². The fourth-order valence-corrected chi connectivity index (χ4v) is 4.53. The number of aryl methyl sites for hydroxylation is 1. The van der Waals surface area contributed by atoms with Crippen LogP contribution < -0.4 is 5.32 Å². The first-order chi connectivity index (χ1) is 15.4. The Morgan fingerprint density at radius 1 is 1.09 bits per heavy atom. The van der Waals surface area contributed by atoms with Gasteiger partial charge in [-0.25, -0.2) is 0 Å². The molecule has 1 saturated carbocycles. The number of carbonyl (C=O) groups is 2. The largest absolute Gasteiger partial charge is 0.356 e. The maximum absolute atomic E-state index is 12.3. The molecule has 2 aromatic carbocycles. The van der Waals surface area contributed by atoms with Crippen LogP contribution in [0.25, 0.3) is 11.0 Å². The monoisotopic (exact) mass is 434 g/mol. The Labute approximate surface area is 190 Å². The van der Waals surface area contributed by atoms with E-state index in [0.29, 0.717) is 0 Å². The van der Waals surface area contributed by atoms with Gasteiger partial charge in [-0.1, -0.05) is 43.6 Å². The summed E-state index contributed by atoms with van der Waals surface area (Å²) in [6.07, 6.45) is 8.22. The summed E-state index contributed by atoms with van der Waals surface area (Å²) >= 11 is 0. The third kappa shape index (κ3) is 5.84. The number of fused-ring (bicyclic) bond motifs is 1. The first-order valence-electron chi connectivity index (χ1n) is 11.7. The van der Waals surface area contributed by atoms with E-state index in [1.165, 1.54) is 30.4 Å². The predicted octanol–water partition coefficient (Wildman–Crippen LogP) is 6.74. The van der Waals surface area contributed by atoms with E-state index in [4.69, 9.17) is 4.52 Å². The molecule has 3 aromatic rings. The normalized spacial score (nSPS) is 18.0. The molecule has 0 bridgehead atoms. The maximum Gasteiger partial charge on any atom is 0.227 e. The van der Waals surface area contributed by atoms with Gasteiger partial charge in [-0.15, -0.1) is 0 Å². The molecule has 0 radical (unpaired) electrons. The summed E-state index contributed by atoms with van der Waals surface area (Å²) in [5.41, 5.74) is 4.84. The number of hydrogen-bond donors (Lipinski definition) is 1. The van der Waals surface area contributed by atoms with Crippen LogP contribution in [0, 0.1) is 18.8 Å². The Kier molecular flexibility index (Phi) is 8.20. The second-order valence-electron chi connectivity index (χ2n) is 8.70. The van der Waals surface area contributed by atoms with Gasteiger partial charge in [0.15, 0.2) is 11.4 Å². The van der Waals surface area contributed by atoms with Crippen LogP contribution >= 0.6 is 0 Å². The van der Waals surface area contributed by atoms with Gasteiger partial charge in [-0.2, -0.15) is 0 Å². The lowest BCUT2D eigenvalue weighted by atomic mass is 9.80. The molecule has 0 atom stereocenters. The van der Waals surface area contributed by atoms with Gasteiger partial charge in [0.2, 0.25) is 5.91 Å². The van der Waals surface area contributed by atoms with Crippen molar-refractivity contribution in [2.45, 2.75) is 66.2 Å². The zero-order valence-corrected chi connectivity index (χ0v) is 19.6. The van der Waals surface area contributed by atoms with E-state index in [0.717, 1.165) is 47.4 Å². The molecular weight excluding hydrogens is 400 g/mol. The molecule has 32 heavy (non-hydrogen) atoms. The van der Waals surface area contributed by atoms with Crippen molar-refractivity contribution < 1.29 is 14.1 Å². The zero-order chi connectivity index (χ0) is 23.1. The Morgan fingerprint density at radius 2 is 1.84 bits per heavy atom. The van der Waals surface area contributed by atoms with Crippen LogP contribution in [0.1, 0.15) is 74.4 Å². The van der Waals surface area contributed by atoms with Crippen LogP contribution in [-0.4, -0.2) is 16.8 Å². The van der Waals surface area contributed by atoms with Gasteiger partial charge >= 0.3 is 0 Å². The highest BCUT2D eigenvalue weighted by molar-refractivity contribution is 5.96. The lowest BCUT2D eigenvalue weighted by Crippen LogP contribution is -2.27. The van der Waals surface area contributed by atoms with Gasteiger partial charge in [-0.3, -0.25) is 9.59 Å². The molecule has 1 N–H and O–H groups in total. The third-order valence-electron chi connectivity index (χ3n) is 6.56. The topological polar surface area (TPSA) is 72.2 Å². The first-order valence-corrected chi connectivity index (χ1v) is 11.7. The smallest absolute Gasteiger partial charge is 0.227 e. The van der Waals surface area contributed by atoms with Crippen LogP contribution in [0.15, 0.2) is 47.1 Å². The van der Waals surface area contributed by atoms with E-state index >= 15 is 0 Å². The number of benzene rings is 2. The lowest BCUT2D eigenvalue weighted by molar-refractivity contribution is -0.121. The first kappa shape index (κ1) is 23.7. The molecule has 1 fully saturated rings. The van der Waals surface area contributed by atoms with Crippen molar-refractivity contribution in [2.24, 2.45) is 11.8 Å². The minimum absolute atomic E-state index is 0.148. The molecule has 5 heteroatoms. The van der Waals surface area contributed by atoms with E-state index in [2.05, 4.69) is 24.3 Å². The Bertz CT molecular complexity index is 1060. The van der Waals surface area contributed by atoms with Crippen molar-refractivity contribution in [1.82, 2.24) is 5.16 Å². The minimum atomic E-state index is 0.148. The summed E-state index contributed by atoms with van der Waals surface area (Å²) in [5.74, 6) is 1.29. The number of carbonyl (C=O) groups excluding carboxylic acids is 2. The standard InChI is InChI=1S/C16H20N2O2.C11H14O/c1-2-11-3-5-12(6-4-11)16(19)18-14-7-8-15-13(9-14)10-17-20-15;1-4-10-8(2)6-5-7-11(10)9(3)12/h7-12H,2-6H2,1H3,(H,18,19);5-7H,4H2,1-3H3. The summed E-state index contributed by atoms with van der Waals surface area (Å²) in [6, 6.07) is 11.5. The number of rotatable bonds is 5. The molecule has 1 heterocycles. The molecular formula is C27H34N2O3. The maximum atomic E-state index is 12.3. The van der Waals surface area contributed by atoms with Gasteiger partial charge in [0, 0.05) is 22.6 Å². The Balaban J connectivity index is 0.000000207. The second kappa shape index (κ2) is 11.1. The quantitative estimate of drug-likeness (QED) is 0.451. The van der Waals surface area contributed by atoms with Crippen molar-refractivity contribution in [3.63, 3.8) is 0 Å². The molecule has 1 amide bonds. The number of ketones is 1. The summed E-state index contributed by atoms with van der Waals surface area (Å²) < 4.78 is 5.06. The zero-order valence-electron chi connectivity index (χ0n) is 19.6. The molecule has 0 aliphatic heterocycles. The number of nitrogens with zero attached hydrogens (tertiary/aromatic N) is 1. The number of amides is 1. The summed E-state index contributed by atoms with van der Waals surface area (Å²) in [6.45, 7) is 7.98. The molecule has 0 spiro atoms. The second-order valence-corrected chi connectivity index (χ2v) is 8.70. The highest BCUT2D eigenvalue weighted by atomic mass is 16.5. The lowest BCUT2D eigenvalue weighted by Gasteiger charge is -2.26. The van der Waals surface area contributed by atoms with E-state index < -0.39 is 0 Å². The SMILES string of the molecule is CCC1CCC(C(=O)Nc2ccc3oncc3c2)CC1.CCc1c(C)cccc1C(C)=O. The molecule has 1 aliphatic carbocycles. The fraction of sp³-hybridized carbons (Fsp3) is 0.444. The van der Waals surface area contributed by atoms with E-state index in [1.807, 2.05) is 43.3 Å². The summed E-state index contributed by atoms with van der Waals surface area (Å²) in [5, 5.41) is 7.67. The molecule has 0 unspecified atom stereocenters. The molecule has 5 nitrogen and oxygen atoms in total. The van der Waals surface area contributed by atoms with E-state index in [-0.39, 0.29) is 17.6 Å². The van der Waals surface area contributed by atoms with Crippen LogP contribution in [0.2, 0.25) is 0 Å². The summed E-state index contributed by atoms with van der Waals surface area (Å²) in [4.78, 5) is 23.5. The fourth-order valence-electron chi connectivity index (χ4n) is 4.53. The minimum Gasteiger partial charge on any atom is -0.356 e. The molecule has 1 aromatic heterocycles. The van der Waals surface area contributed by atoms with Gasteiger partial charge in [0.25, 0.3) is 0 Å². The number of aromatic nitrogens is 1. The third-order valence-corrected chi connectivity index (χ3v) is 6.56. The Hall–Kier alpha value is -2.95. The van der Waals surface area contributed by atoms with Gasteiger partial charge in [0.05, 0.1) is 6.20 Å². The average molecular weight is 435 g/mol. The molecule has 0 saturated heterocycles. The van der Waals surface area contributed by atoms with E-state index in [1.54, 1.807) is 13.1 Å². The Morgan fingerprint density at radius 3 is 2.47 bits per heavy atom. The van der Waals surface area contributed by atoms with Crippen molar-refractivity contribution in [1.29, 1.82) is 0 Å². The van der Waals surface area contributed by atoms with E-state index in [9.17, 15) is 9.59 Å². The van der Waals surface area contributed by atoms with Crippen molar-refractivity contribution in [2.75, 3.05) is 5.32 Å². The number of anilines is 1. The number of nitrogens with one attached hydrogen (secondary N) is 1.